The molecule has 0 fully saturated rings. The average Bonchev–Trinajstić information content (AvgIpc) is 3.42. The van der Waals surface area contributed by atoms with Crippen molar-refractivity contribution in [2.24, 2.45) is 0 Å². The minimum atomic E-state index is -0.455. The fourth-order valence-corrected chi connectivity index (χ4v) is 4.76. The number of nitrogens with one attached hydrogen (secondary N) is 1. The SMILES string of the molecule is CC(=O)OCCOCCOCCOCCOCCOCCOCCOCCOCCNC(=O)OCC1c2ccccc2-c2ccccc21. The lowest BCUT2D eigenvalue weighted by Crippen LogP contribution is -2.29. The highest BCUT2D eigenvalue weighted by Gasteiger charge is 2.28. The molecule has 13 nitrogen and oxygen atoms in total. The summed E-state index contributed by atoms with van der Waals surface area (Å²) in [7, 11) is 0. The molecule has 1 N–H and O–H groups in total. The molecule has 13 heteroatoms. The molecule has 0 bridgehead atoms. The minimum Gasteiger partial charge on any atom is -0.463 e. The molecule has 0 aromatic heterocycles. The van der Waals surface area contributed by atoms with Crippen LogP contribution in [0.2, 0.25) is 0 Å². The number of esters is 1. The summed E-state index contributed by atoms with van der Waals surface area (Å²) in [5, 5.41) is 2.74. The lowest BCUT2D eigenvalue weighted by atomic mass is 9.98. The number of fused-ring (bicyclic) bond motifs is 3. The summed E-state index contributed by atoms with van der Waals surface area (Å²) >= 11 is 0. The maximum atomic E-state index is 12.2. The highest BCUT2D eigenvalue weighted by Crippen LogP contribution is 2.44. The third-order valence-electron chi connectivity index (χ3n) is 7.00. The summed E-state index contributed by atoms with van der Waals surface area (Å²) in [5.41, 5.74) is 4.76. The Kier molecular flexibility index (Phi) is 21.1. The van der Waals surface area contributed by atoms with Gasteiger partial charge in [0.15, 0.2) is 0 Å². The van der Waals surface area contributed by atoms with Gasteiger partial charge in [-0.05, 0) is 22.3 Å². The molecule has 268 valence electrons. The van der Waals surface area contributed by atoms with Crippen LogP contribution in [0, 0.1) is 0 Å². The van der Waals surface area contributed by atoms with E-state index in [2.05, 4.69) is 29.6 Å². The third kappa shape index (κ3) is 16.8. The monoisotopic (exact) mass is 677 g/mol. The molecule has 0 atom stereocenters. The van der Waals surface area contributed by atoms with Crippen molar-refractivity contribution in [2.75, 3.05) is 125 Å². The zero-order valence-corrected chi connectivity index (χ0v) is 28.0. The van der Waals surface area contributed by atoms with Crippen molar-refractivity contribution in [3.63, 3.8) is 0 Å². The molecule has 1 aliphatic rings. The van der Waals surface area contributed by atoms with Crippen molar-refractivity contribution < 1.29 is 57.0 Å². The van der Waals surface area contributed by atoms with Gasteiger partial charge in [0, 0.05) is 19.4 Å². The van der Waals surface area contributed by atoms with Crippen LogP contribution in [0.5, 0.6) is 0 Å². The van der Waals surface area contributed by atoms with Gasteiger partial charge in [-0.3, -0.25) is 4.79 Å². The van der Waals surface area contributed by atoms with Crippen molar-refractivity contribution in [2.45, 2.75) is 12.8 Å². The van der Waals surface area contributed by atoms with Crippen molar-refractivity contribution in [1.82, 2.24) is 5.32 Å². The summed E-state index contributed by atoms with van der Waals surface area (Å²) in [6, 6.07) is 16.5. The van der Waals surface area contributed by atoms with E-state index in [1.807, 2.05) is 24.3 Å². The quantitative estimate of drug-likeness (QED) is 0.1000. The molecule has 0 heterocycles. The first kappa shape index (κ1) is 39.3. The van der Waals surface area contributed by atoms with Crippen molar-refractivity contribution in [1.29, 1.82) is 0 Å². The molecule has 0 saturated heterocycles. The minimum absolute atomic E-state index is 0.0360. The van der Waals surface area contributed by atoms with Gasteiger partial charge in [0.05, 0.1) is 106 Å². The Labute approximate surface area is 283 Å². The number of hydrogen-bond acceptors (Lipinski definition) is 12. The van der Waals surface area contributed by atoms with E-state index in [1.165, 1.54) is 29.2 Å². The summed E-state index contributed by atoms with van der Waals surface area (Å²) in [4.78, 5) is 22.8. The standard InChI is InChI=1S/C35H51NO12/c1-29(37)47-27-26-46-25-24-45-23-22-44-21-20-43-19-18-42-17-16-41-15-14-40-13-12-39-11-10-36-35(38)48-28-34-32-8-4-2-6-30(32)31-7-3-5-9-33(31)34/h2-9,34H,10-28H2,1H3,(H,36,38). The summed E-state index contributed by atoms with van der Waals surface area (Å²) in [5.74, 6) is -0.279. The molecule has 1 aliphatic carbocycles. The molecule has 0 aliphatic heterocycles. The van der Waals surface area contributed by atoms with Gasteiger partial charge in [-0.25, -0.2) is 4.79 Å². The molecule has 2 aromatic rings. The highest BCUT2D eigenvalue weighted by molar-refractivity contribution is 5.79. The topological polar surface area (TPSA) is 138 Å². The van der Waals surface area contributed by atoms with Crippen LogP contribution in [0.3, 0.4) is 0 Å². The predicted molar refractivity (Wildman–Crippen MR) is 176 cm³/mol. The fraction of sp³-hybridized carbons (Fsp3) is 0.600. The number of carbonyl (C=O) groups excluding carboxylic acids is 2. The first-order valence-electron chi connectivity index (χ1n) is 16.5. The van der Waals surface area contributed by atoms with Crippen LogP contribution in [-0.4, -0.2) is 138 Å². The Morgan fingerprint density at radius 3 is 1.25 bits per heavy atom. The second kappa shape index (κ2) is 25.8. The molecule has 3 rings (SSSR count). The fourth-order valence-electron chi connectivity index (χ4n) is 4.76. The largest absolute Gasteiger partial charge is 0.463 e. The second-order valence-electron chi connectivity index (χ2n) is 10.5. The van der Waals surface area contributed by atoms with Gasteiger partial charge in [-0.15, -0.1) is 0 Å². The van der Waals surface area contributed by atoms with E-state index in [9.17, 15) is 9.59 Å². The van der Waals surface area contributed by atoms with Gasteiger partial charge in [-0.1, -0.05) is 48.5 Å². The Balaban J connectivity index is 0.989. The number of alkyl carbamates (subject to hydrolysis) is 1. The van der Waals surface area contributed by atoms with Crippen LogP contribution in [-0.2, 0) is 52.2 Å². The van der Waals surface area contributed by atoms with Crippen LogP contribution < -0.4 is 5.32 Å². The zero-order valence-electron chi connectivity index (χ0n) is 28.0. The summed E-state index contributed by atoms with van der Waals surface area (Å²) in [6.07, 6.45) is -0.455. The van der Waals surface area contributed by atoms with Gasteiger partial charge in [0.25, 0.3) is 0 Å². The molecular weight excluding hydrogens is 626 g/mol. The van der Waals surface area contributed by atoms with Crippen molar-refractivity contribution in [3.8, 4) is 11.1 Å². The second-order valence-corrected chi connectivity index (χ2v) is 10.5. The van der Waals surface area contributed by atoms with Gasteiger partial charge in [-0.2, -0.15) is 0 Å². The number of ether oxygens (including phenoxy) is 10. The predicted octanol–water partition coefficient (Wildman–Crippen LogP) is 3.22. The summed E-state index contributed by atoms with van der Waals surface area (Å²) in [6.45, 7) is 9.48. The van der Waals surface area contributed by atoms with Crippen LogP contribution in [0.25, 0.3) is 11.1 Å². The number of benzene rings is 2. The number of hydrogen-bond donors (Lipinski definition) is 1. The Bertz CT molecular complexity index is 1100. The van der Waals surface area contributed by atoms with Crippen LogP contribution in [0.4, 0.5) is 4.79 Å². The van der Waals surface area contributed by atoms with E-state index in [4.69, 9.17) is 47.4 Å². The summed E-state index contributed by atoms with van der Waals surface area (Å²) < 4.78 is 53.8. The van der Waals surface area contributed by atoms with E-state index < -0.39 is 6.09 Å². The molecular formula is C35H51NO12. The zero-order chi connectivity index (χ0) is 33.9. The Morgan fingerprint density at radius 2 is 0.854 bits per heavy atom. The molecule has 0 unspecified atom stereocenters. The Morgan fingerprint density at radius 1 is 0.500 bits per heavy atom. The maximum absolute atomic E-state index is 12.2. The van der Waals surface area contributed by atoms with E-state index in [0.717, 1.165) is 0 Å². The number of carbonyl (C=O) groups is 2. The molecule has 0 spiro atoms. The van der Waals surface area contributed by atoms with Gasteiger partial charge in [0.2, 0.25) is 0 Å². The van der Waals surface area contributed by atoms with Crippen molar-refractivity contribution in [3.05, 3.63) is 59.7 Å². The first-order valence-corrected chi connectivity index (χ1v) is 16.5. The lowest BCUT2D eigenvalue weighted by Gasteiger charge is -2.14. The number of rotatable bonds is 29. The van der Waals surface area contributed by atoms with E-state index in [-0.39, 0.29) is 25.1 Å². The van der Waals surface area contributed by atoms with Crippen LogP contribution in [0.15, 0.2) is 48.5 Å². The normalized spacial score (nSPS) is 12.1. The molecule has 48 heavy (non-hydrogen) atoms. The third-order valence-corrected chi connectivity index (χ3v) is 7.00. The van der Waals surface area contributed by atoms with Crippen molar-refractivity contribution >= 4 is 12.1 Å². The number of amides is 1. The Hall–Kier alpha value is -3.14. The lowest BCUT2D eigenvalue weighted by molar-refractivity contribution is -0.142. The van der Waals surface area contributed by atoms with Gasteiger partial charge in [0.1, 0.15) is 13.2 Å². The van der Waals surface area contributed by atoms with Gasteiger partial charge >= 0.3 is 12.1 Å². The molecule has 1 amide bonds. The smallest absolute Gasteiger partial charge is 0.407 e. The molecule has 0 saturated carbocycles. The van der Waals surface area contributed by atoms with Crippen LogP contribution >= 0.6 is 0 Å². The molecule has 2 aromatic carbocycles. The molecule has 0 radical (unpaired) electrons. The average molecular weight is 678 g/mol. The highest BCUT2D eigenvalue weighted by atomic mass is 16.6. The van der Waals surface area contributed by atoms with E-state index in [1.54, 1.807) is 0 Å². The van der Waals surface area contributed by atoms with Gasteiger partial charge < -0.3 is 52.7 Å². The van der Waals surface area contributed by atoms with E-state index >= 15 is 0 Å². The van der Waals surface area contributed by atoms with E-state index in [0.29, 0.717) is 112 Å². The van der Waals surface area contributed by atoms with Crippen LogP contribution in [0.1, 0.15) is 24.0 Å². The first-order chi connectivity index (χ1) is 23.7. The maximum Gasteiger partial charge on any atom is 0.407 e.